The van der Waals surface area contributed by atoms with Crippen molar-refractivity contribution in [3.8, 4) is 5.75 Å². The molecule has 0 spiro atoms. The van der Waals surface area contributed by atoms with Crippen molar-refractivity contribution in [3.63, 3.8) is 0 Å². The first-order valence-corrected chi connectivity index (χ1v) is 11.2. The van der Waals surface area contributed by atoms with E-state index in [-0.39, 0.29) is 43.1 Å². The molecule has 0 unspecified atom stereocenters. The minimum atomic E-state index is -0.154. The van der Waals surface area contributed by atoms with E-state index >= 15 is 0 Å². The van der Waals surface area contributed by atoms with Gasteiger partial charge in [0.15, 0.2) is 12.4 Å². The van der Waals surface area contributed by atoms with Crippen LogP contribution in [0.25, 0.3) is 0 Å². The summed E-state index contributed by atoms with van der Waals surface area (Å²) in [5.74, 6) is 0.544. The van der Waals surface area contributed by atoms with Gasteiger partial charge in [-0.05, 0) is 45.2 Å². The van der Waals surface area contributed by atoms with Crippen molar-refractivity contribution >= 4 is 17.6 Å². The van der Waals surface area contributed by atoms with E-state index in [4.69, 9.17) is 4.74 Å². The molecule has 32 heavy (non-hydrogen) atoms. The number of Topliss-reactive ketones (excluding diaryl/α,β-unsaturated/α-hetero) is 1. The van der Waals surface area contributed by atoms with Crippen molar-refractivity contribution in [2.24, 2.45) is 0 Å². The Balaban J connectivity index is 1.36. The number of hydrogen-bond acceptors (Lipinski definition) is 4. The summed E-state index contributed by atoms with van der Waals surface area (Å²) in [7, 11) is 0. The van der Waals surface area contributed by atoms with Crippen LogP contribution in [0.2, 0.25) is 0 Å². The zero-order valence-electron chi connectivity index (χ0n) is 19.1. The van der Waals surface area contributed by atoms with Gasteiger partial charge in [-0.1, -0.05) is 47.5 Å². The van der Waals surface area contributed by atoms with Crippen molar-refractivity contribution < 1.29 is 19.1 Å². The fourth-order valence-corrected chi connectivity index (χ4v) is 3.91. The highest BCUT2D eigenvalue weighted by Crippen LogP contribution is 2.19. The van der Waals surface area contributed by atoms with Crippen LogP contribution in [0.4, 0.5) is 0 Å². The Morgan fingerprint density at radius 1 is 0.938 bits per heavy atom. The van der Waals surface area contributed by atoms with Gasteiger partial charge in [-0.15, -0.1) is 0 Å². The lowest BCUT2D eigenvalue weighted by Gasteiger charge is -2.32. The number of rotatable bonds is 8. The Morgan fingerprint density at radius 3 is 2.25 bits per heavy atom. The van der Waals surface area contributed by atoms with E-state index in [1.165, 1.54) is 0 Å². The molecule has 0 aliphatic carbocycles. The molecular formula is C26H32N2O4. The van der Waals surface area contributed by atoms with Gasteiger partial charge in [0.05, 0.1) is 0 Å². The van der Waals surface area contributed by atoms with E-state index < -0.39 is 0 Å². The lowest BCUT2D eigenvalue weighted by Crippen LogP contribution is -2.47. The number of likely N-dealkylation sites (tertiary alicyclic amines) is 1. The van der Waals surface area contributed by atoms with E-state index in [1.54, 1.807) is 17.0 Å². The number of nitrogens with zero attached hydrogens (tertiary/aromatic N) is 1. The topological polar surface area (TPSA) is 75.7 Å². The normalized spacial score (nSPS) is 14.2. The summed E-state index contributed by atoms with van der Waals surface area (Å²) in [6.45, 7) is 7.09. The molecule has 0 saturated carbocycles. The predicted molar refractivity (Wildman–Crippen MR) is 124 cm³/mol. The SMILES string of the molecule is Cc1ccc(C(=O)CCC(=O)N2CCC(NC(=O)COc3ccc(C)cc3C)CC2)cc1. The van der Waals surface area contributed by atoms with Crippen LogP contribution in [0.1, 0.15) is 52.7 Å². The molecule has 1 N–H and O–H groups in total. The molecule has 0 aromatic heterocycles. The largest absolute Gasteiger partial charge is 0.484 e. The van der Waals surface area contributed by atoms with Crippen LogP contribution in [0, 0.1) is 20.8 Å². The van der Waals surface area contributed by atoms with Gasteiger partial charge >= 0.3 is 0 Å². The van der Waals surface area contributed by atoms with Gasteiger partial charge in [0.2, 0.25) is 5.91 Å². The molecule has 0 radical (unpaired) electrons. The monoisotopic (exact) mass is 436 g/mol. The predicted octanol–water partition coefficient (Wildman–Crippen LogP) is 3.76. The van der Waals surface area contributed by atoms with Crippen molar-refractivity contribution in [3.05, 3.63) is 64.7 Å². The van der Waals surface area contributed by atoms with Crippen LogP contribution in [0.15, 0.2) is 42.5 Å². The maximum absolute atomic E-state index is 12.5. The molecule has 3 rings (SSSR count). The molecule has 1 aliphatic rings. The van der Waals surface area contributed by atoms with Gasteiger partial charge in [0.25, 0.3) is 5.91 Å². The fraction of sp³-hybridized carbons (Fsp3) is 0.423. The molecule has 6 nitrogen and oxygen atoms in total. The summed E-state index contributed by atoms with van der Waals surface area (Å²) in [6, 6.07) is 13.3. The highest BCUT2D eigenvalue weighted by Gasteiger charge is 2.24. The number of piperidine rings is 1. The summed E-state index contributed by atoms with van der Waals surface area (Å²) >= 11 is 0. The third-order valence-electron chi connectivity index (χ3n) is 5.84. The van der Waals surface area contributed by atoms with E-state index in [1.807, 2.05) is 51.1 Å². The van der Waals surface area contributed by atoms with Gasteiger partial charge < -0.3 is 15.0 Å². The zero-order valence-corrected chi connectivity index (χ0v) is 19.1. The number of carbonyl (C=O) groups is 3. The number of carbonyl (C=O) groups excluding carboxylic acids is 3. The molecular weight excluding hydrogens is 404 g/mol. The van der Waals surface area contributed by atoms with Gasteiger partial charge in [0.1, 0.15) is 5.75 Å². The Morgan fingerprint density at radius 2 is 1.59 bits per heavy atom. The Kier molecular flexibility index (Phi) is 8.03. The molecule has 0 atom stereocenters. The third-order valence-corrected chi connectivity index (χ3v) is 5.84. The van der Waals surface area contributed by atoms with Crippen LogP contribution in [-0.2, 0) is 9.59 Å². The van der Waals surface area contributed by atoms with Gasteiger partial charge in [-0.25, -0.2) is 0 Å². The number of ether oxygens (including phenoxy) is 1. The van der Waals surface area contributed by atoms with Crippen LogP contribution >= 0.6 is 0 Å². The number of amides is 2. The van der Waals surface area contributed by atoms with E-state index in [9.17, 15) is 14.4 Å². The molecule has 2 amide bonds. The molecule has 1 saturated heterocycles. The highest BCUT2D eigenvalue weighted by molar-refractivity contribution is 5.98. The summed E-state index contributed by atoms with van der Waals surface area (Å²) in [4.78, 5) is 38.8. The minimum absolute atomic E-state index is 0.00609. The molecule has 1 fully saturated rings. The first-order chi connectivity index (χ1) is 15.3. The van der Waals surface area contributed by atoms with Crippen LogP contribution in [0.3, 0.4) is 0 Å². The quantitative estimate of drug-likeness (QED) is 0.640. The lowest BCUT2D eigenvalue weighted by atomic mass is 10.0. The summed E-state index contributed by atoms with van der Waals surface area (Å²) < 4.78 is 5.64. The summed E-state index contributed by atoms with van der Waals surface area (Å²) in [5.41, 5.74) is 3.91. The Bertz CT molecular complexity index is 960. The van der Waals surface area contributed by atoms with E-state index in [2.05, 4.69) is 5.32 Å². The van der Waals surface area contributed by atoms with E-state index in [0.29, 0.717) is 37.2 Å². The zero-order chi connectivity index (χ0) is 23.1. The average molecular weight is 437 g/mol. The second kappa shape index (κ2) is 10.9. The Labute approximate surface area is 189 Å². The van der Waals surface area contributed by atoms with E-state index in [0.717, 1.165) is 16.7 Å². The molecule has 2 aromatic rings. The number of aryl methyl sites for hydroxylation is 3. The molecule has 1 heterocycles. The van der Waals surface area contributed by atoms with Gasteiger partial charge in [-0.2, -0.15) is 0 Å². The average Bonchev–Trinajstić information content (AvgIpc) is 2.77. The van der Waals surface area contributed by atoms with Crippen LogP contribution < -0.4 is 10.1 Å². The maximum atomic E-state index is 12.5. The molecule has 170 valence electrons. The smallest absolute Gasteiger partial charge is 0.258 e. The molecule has 1 aliphatic heterocycles. The summed E-state index contributed by atoms with van der Waals surface area (Å²) in [5, 5.41) is 3.00. The second-order valence-corrected chi connectivity index (χ2v) is 8.57. The van der Waals surface area contributed by atoms with Crippen LogP contribution in [-0.4, -0.2) is 48.2 Å². The number of benzene rings is 2. The van der Waals surface area contributed by atoms with Gasteiger partial charge in [-0.3, -0.25) is 14.4 Å². The molecule has 6 heteroatoms. The van der Waals surface area contributed by atoms with Crippen molar-refractivity contribution in [2.75, 3.05) is 19.7 Å². The molecule has 2 aromatic carbocycles. The molecule has 0 bridgehead atoms. The minimum Gasteiger partial charge on any atom is -0.484 e. The van der Waals surface area contributed by atoms with Crippen LogP contribution in [0.5, 0.6) is 5.75 Å². The highest BCUT2D eigenvalue weighted by atomic mass is 16.5. The van der Waals surface area contributed by atoms with Gasteiger partial charge in [0, 0.05) is 37.5 Å². The fourth-order valence-electron chi connectivity index (χ4n) is 3.91. The van der Waals surface area contributed by atoms with Crippen molar-refractivity contribution in [1.29, 1.82) is 0 Å². The maximum Gasteiger partial charge on any atom is 0.258 e. The van der Waals surface area contributed by atoms with Crippen molar-refractivity contribution in [2.45, 2.75) is 52.5 Å². The third kappa shape index (κ3) is 6.67. The number of hydrogen-bond donors (Lipinski definition) is 1. The number of nitrogens with one attached hydrogen (secondary N) is 1. The first kappa shape index (κ1) is 23.5. The lowest BCUT2D eigenvalue weighted by molar-refractivity contribution is -0.132. The Hall–Kier alpha value is -3.15. The van der Waals surface area contributed by atoms with Crippen molar-refractivity contribution in [1.82, 2.24) is 10.2 Å². The standard InChI is InChI=1S/C26H32N2O4/c1-18-4-7-21(8-5-18)23(29)9-11-26(31)28-14-12-22(13-15-28)27-25(30)17-32-24-10-6-19(2)16-20(24)3/h4-8,10,16,22H,9,11-15,17H2,1-3H3,(H,27,30). The summed E-state index contributed by atoms with van der Waals surface area (Å²) in [6.07, 6.45) is 1.84. The first-order valence-electron chi connectivity index (χ1n) is 11.2. The number of ketones is 1. The second-order valence-electron chi connectivity index (χ2n) is 8.57.